The van der Waals surface area contributed by atoms with Gasteiger partial charge in [-0.15, -0.1) is 10.2 Å². The number of methoxy groups -OCH3 is 1. The van der Waals surface area contributed by atoms with Gasteiger partial charge in [0, 0.05) is 5.56 Å². The minimum atomic E-state index is -4.13. The topological polar surface area (TPSA) is 139 Å². The van der Waals surface area contributed by atoms with Crippen molar-refractivity contribution in [2.45, 2.75) is 11.4 Å². The summed E-state index contributed by atoms with van der Waals surface area (Å²) in [6.07, 6.45) is 0. The standard InChI is InChI=1S/C23H19N5O5S/c1-32-15-10-8-14(9-11-15)12-28-26-23(25-27-28)21-16(4-3-7-20(21)34(24,30)31)17-5-2-6-18-19(29)13-33-22(17)18/h2-11H,12-13H2,1H3,(H2,24,30,31). The van der Waals surface area contributed by atoms with Crippen LogP contribution in [0.4, 0.5) is 0 Å². The third-order valence-electron chi connectivity index (χ3n) is 5.45. The van der Waals surface area contributed by atoms with E-state index in [1.807, 2.05) is 24.3 Å². The zero-order chi connectivity index (χ0) is 23.9. The number of fused-ring (bicyclic) bond motifs is 1. The smallest absolute Gasteiger partial charge is 0.238 e. The Kier molecular flexibility index (Phi) is 5.34. The number of ether oxygens (including phenoxy) is 2. The molecule has 0 spiro atoms. The van der Waals surface area contributed by atoms with Crippen LogP contribution in [0.15, 0.2) is 65.6 Å². The summed E-state index contributed by atoms with van der Waals surface area (Å²) < 4.78 is 35.7. The summed E-state index contributed by atoms with van der Waals surface area (Å²) in [5.74, 6) is 1.03. The lowest BCUT2D eigenvalue weighted by molar-refractivity contribution is 0.0961. The third kappa shape index (κ3) is 3.91. The molecule has 3 aromatic carbocycles. The number of carbonyl (C=O) groups is 1. The van der Waals surface area contributed by atoms with Crippen molar-refractivity contribution in [1.82, 2.24) is 20.2 Å². The predicted octanol–water partition coefficient (Wildman–Crippen LogP) is 2.29. The molecule has 1 aromatic heterocycles. The molecule has 0 fully saturated rings. The summed E-state index contributed by atoms with van der Waals surface area (Å²) in [6.45, 7) is 0.231. The van der Waals surface area contributed by atoms with Crippen molar-refractivity contribution in [3.63, 3.8) is 0 Å². The molecule has 0 radical (unpaired) electrons. The first kappa shape index (κ1) is 21.7. The molecule has 1 aliphatic rings. The zero-order valence-electron chi connectivity index (χ0n) is 18.0. The molecule has 0 amide bonds. The van der Waals surface area contributed by atoms with Crippen LogP contribution in [0.1, 0.15) is 15.9 Å². The van der Waals surface area contributed by atoms with Crippen molar-refractivity contribution in [2.24, 2.45) is 5.14 Å². The largest absolute Gasteiger partial charge is 0.497 e. The van der Waals surface area contributed by atoms with Crippen molar-refractivity contribution in [2.75, 3.05) is 13.7 Å². The van der Waals surface area contributed by atoms with Gasteiger partial charge in [0.15, 0.2) is 6.61 Å². The first-order valence-corrected chi connectivity index (χ1v) is 11.8. The summed E-state index contributed by atoms with van der Waals surface area (Å²) in [7, 11) is -2.55. The summed E-state index contributed by atoms with van der Waals surface area (Å²) in [6, 6.07) is 17.1. The molecule has 5 rings (SSSR count). The summed E-state index contributed by atoms with van der Waals surface area (Å²) in [4.78, 5) is 13.4. The van der Waals surface area contributed by atoms with E-state index < -0.39 is 10.0 Å². The van der Waals surface area contributed by atoms with Crippen LogP contribution in [-0.4, -0.2) is 48.1 Å². The highest BCUT2D eigenvalue weighted by molar-refractivity contribution is 7.89. The Bertz CT molecular complexity index is 1510. The Morgan fingerprint density at radius 3 is 2.47 bits per heavy atom. The molecule has 0 saturated heterocycles. The Morgan fingerprint density at radius 2 is 1.74 bits per heavy atom. The van der Waals surface area contributed by atoms with E-state index in [0.717, 1.165) is 11.3 Å². The Morgan fingerprint density at radius 1 is 1.03 bits per heavy atom. The Labute approximate surface area is 195 Å². The first-order chi connectivity index (χ1) is 16.3. The highest BCUT2D eigenvalue weighted by Gasteiger charge is 2.28. The van der Waals surface area contributed by atoms with Gasteiger partial charge in [-0.3, -0.25) is 4.79 Å². The van der Waals surface area contributed by atoms with Crippen LogP contribution >= 0.6 is 0 Å². The number of aromatic nitrogens is 4. The third-order valence-corrected chi connectivity index (χ3v) is 6.40. The second-order valence-corrected chi connectivity index (χ2v) is 9.14. The van der Waals surface area contributed by atoms with Crippen molar-refractivity contribution in [1.29, 1.82) is 0 Å². The maximum atomic E-state index is 12.5. The number of benzene rings is 3. The van der Waals surface area contributed by atoms with Crippen molar-refractivity contribution in [3.8, 4) is 34.0 Å². The van der Waals surface area contributed by atoms with Crippen LogP contribution in [-0.2, 0) is 16.6 Å². The van der Waals surface area contributed by atoms with Gasteiger partial charge in [-0.25, -0.2) is 13.6 Å². The minimum Gasteiger partial charge on any atom is -0.497 e. The molecule has 0 atom stereocenters. The van der Waals surface area contributed by atoms with Gasteiger partial charge < -0.3 is 9.47 Å². The van der Waals surface area contributed by atoms with Crippen LogP contribution in [0.3, 0.4) is 0 Å². The number of nitrogens with two attached hydrogens (primary N) is 1. The van der Waals surface area contributed by atoms with Crippen LogP contribution in [0, 0.1) is 0 Å². The number of tetrazole rings is 1. The quantitative estimate of drug-likeness (QED) is 0.446. The number of Topliss-reactive ketones (excluding diaryl/α,β-unsaturated/α-hetero) is 1. The number of primary sulfonamides is 1. The molecule has 0 unspecified atom stereocenters. The second-order valence-electron chi connectivity index (χ2n) is 7.61. The minimum absolute atomic E-state index is 0.0765. The van der Waals surface area contributed by atoms with Gasteiger partial charge in [-0.1, -0.05) is 36.4 Å². The molecule has 1 aliphatic heterocycles. The van der Waals surface area contributed by atoms with Crippen LogP contribution in [0.2, 0.25) is 0 Å². The van der Waals surface area contributed by atoms with Crippen LogP contribution in [0.5, 0.6) is 11.5 Å². The van der Waals surface area contributed by atoms with Crippen molar-refractivity contribution < 1.29 is 22.7 Å². The lowest BCUT2D eigenvalue weighted by atomic mass is 9.96. The molecule has 10 nitrogen and oxygen atoms in total. The highest BCUT2D eigenvalue weighted by Crippen LogP contribution is 2.42. The first-order valence-electron chi connectivity index (χ1n) is 10.2. The van der Waals surface area contributed by atoms with E-state index >= 15 is 0 Å². The molecule has 34 heavy (non-hydrogen) atoms. The number of para-hydroxylation sites is 1. The molecule has 4 aromatic rings. The summed E-state index contributed by atoms with van der Waals surface area (Å²) in [5.41, 5.74) is 2.51. The van der Waals surface area contributed by atoms with E-state index in [4.69, 9.17) is 14.6 Å². The normalized spacial score (nSPS) is 12.9. The van der Waals surface area contributed by atoms with Gasteiger partial charge in [0.1, 0.15) is 11.5 Å². The molecular weight excluding hydrogens is 458 g/mol. The van der Waals surface area contributed by atoms with Crippen LogP contribution in [0.25, 0.3) is 22.5 Å². The molecule has 11 heteroatoms. The van der Waals surface area contributed by atoms with Gasteiger partial charge in [0.2, 0.25) is 21.6 Å². The monoisotopic (exact) mass is 477 g/mol. The number of nitrogens with zero attached hydrogens (tertiary/aromatic N) is 4. The van der Waals surface area contributed by atoms with E-state index in [-0.39, 0.29) is 28.7 Å². The SMILES string of the molecule is COc1ccc(Cn2nnc(-c3c(-c4cccc5c4OCC5=O)cccc3S(N)(=O)=O)n2)cc1. The molecule has 2 N–H and O–H groups in total. The fourth-order valence-electron chi connectivity index (χ4n) is 3.87. The molecule has 172 valence electrons. The molecule has 2 heterocycles. The number of ketones is 1. The zero-order valence-corrected chi connectivity index (χ0v) is 18.8. The number of hydrogen-bond acceptors (Lipinski definition) is 8. The molecule has 0 bridgehead atoms. The fraction of sp³-hybridized carbons (Fsp3) is 0.130. The predicted molar refractivity (Wildman–Crippen MR) is 122 cm³/mol. The lowest BCUT2D eigenvalue weighted by Crippen LogP contribution is -2.14. The molecule has 0 aliphatic carbocycles. The van der Waals surface area contributed by atoms with Crippen molar-refractivity contribution in [3.05, 3.63) is 71.8 Å². The highest BCUT2D eigenvalue weighted by atomic mass is 32.2. The van der Waals surface area contributed by atoms with Gasteiger partial charge in [-0.05, 0) is 40.6 Å². The Hall–Kier alpha value is -4.09. The summed E-state index contributed by atoms with van der Waals surface area (Å²) >= 11 is 0. The lowest BCUT2D eigenvalue weighted by Gasteiger charge is -2.13. The number of carbonyl (C=O) groups excluding carboxylic acids is 1. The average molecular weight is 478 g/mol. The number of rotatable bonds is 6. The van der Waals surface area contributed by atoms with E-state index in [0.29, 0.717) is 29.0 Å². The van der Waals surface area contributed by atoms with E-state index in [1.165, 1.54) is 10.9 Å². The van der Waals surface area contributed by atoms with Gasteiger partial charge in [0.05, 0.1) is 29.7 Å². The summed E-state index contributed by atoms with van der Waals surface area (Å²) in [5, 5.41) is 18.2. The van der Waals surface area contributed by atoms with Gasteiger partial charge in [-0.2, -0.15) is 4.80 Å². The Balaban J connectivity index is 1.63. The van der Waals surface area contributed by atoms with Crippen LogP contribution < -0.4 is 14.6 Å². The number of sulfonamides is 1. The van der Waals surface area contributed by atoms with E-state index in [9.17, 15) is 13.2 Å². The number of hydrogen-bond donors (Lipinski definition) is 1. The van der Waals surface area contributed by atoms with Gasteiger partial charge in [0.25, 0.3) is 0 Å². The molecular formula is C23H19N5O5S. The fourth-order valence-corrected chi connectivity index (χ4v) is 4.62. The van der Waals surface area contributed by atoms with Gasteiger partial charge >= 0.3 is 0 Å². The maximum Gasteiger partial charge on any atom is 0.238 e. The maximum absolute atomic E-state index is 12.5. The second kappa shape index (κ2) is 8.36. The average Bonchev–Trinajstić information content (AvgIpc) is 3.45. The van der Waals surface area contributed by atoms with E-state index in [1.54, 1.807) is 37.4 Å². The molecule has 0 saturated carbocycles. The van der Waals surface area contributed by atoms with Crippen molar-refractivity contribution >= 4 is 15.8 Å². The van der Waals surface area contributed by atoms with E-state index in [2.05, 4.69) is 15.4 Å².